The van der Waals surface area contributed by atoms with Crippen molar-refractivity contribution in [3.63, 3.8) is 0 Å². The van der Waals surface area contributed by atoms with E-state index in [-0.39, 0.29) is 18.2 Å². The Balaban J connectivity index is 2.23. The Morgan fingerprint density at radius 2 is 2.16 bits per heavy atom. The molecule has 0 atom stereocenters. The molecule has 0 aromatic carbocycles. The highest BCUT2D eigenvalue weighted by Crippen LogP contribution is 2.12. The highest BCUT2D eigenvalue weighted by Gasteiger charge is 2.16. The molecule has 0 spiro atoms. The molecule has 2 rings (SSSR count). The molecule has 0 unspecified atom stereocenters. The quantitative estimate of drug-likeness (QED) is 0.772. The molecule has 0 aliphatic carbocycles. The fourth-order valence-corrected chi connectivity index (χ4v) is 2.03. The largest absolute Gasteiger partial charge is 0.292 e. The van der Waals surface area contributed by atoms with E-state index in [1.54, 1.807) is 10.9 Å². The number of nitrogens with zero attached hydrogens (tertiary/aromatic N) is 4. The van der Waals surface area contributed by atoms with Gasteiger partial charge in [0, 0.05) is 12.2 Å². The minimum atomic E-state index is -0.00708. The second-order valence-electron chi connectivity index (χ2n) is 4.68. The Morgan fingerprint density at radius 3 is 2.84 bits per heavy atom. The zero-order valence-corrected chi connectivity index (χ0v) is 11.5. The van der Waals surface area contributed by atoms with Crippen LogP contribution in [0.3, 0.4) is 0 Å². The summed E-state index contributed by atoms with van der Waals surface area (Å²) in [5, 5.41) is 4.14. The molecule has 0 aliphatic heterocycles. The van der Waals surface area contributed by atoms with E-state index in [0.29, 0.717) is 11.5 Å². The average molecular weight is 258 g/mol. The van der Waals surface area contributed by atoms with Gasteiger partial charge in [-0.25, -0.2) is 9.67 Å². The number of pyridine rings is 1. The van der Waals surface area contributed by atoms with Crippen LogP contribution < -0.4 is 0 Å². The van der Waals surface area contributed by atoms with Crippen molar-refractivity contribution in [2.45, 2.75) is 39.7 Å². The van der Waals surface area contributed by atoms with Gasteiger partial charge in [0.05, 0.1) is 6.42 Å². The Labute approximate surface area is 112 Å². The van der Waals surface area contributed by atoms with E-state index in [9.17, 15) is 4.79 Å². The minimum Gasteiger partial charge on any atom is -0.292 e. The molecule has 5 nitrogen and oxygen atoms in total. The van der Waals surface area contributed by atoms with Crippen molar-refractivity contribution in [2.24, 2.45) is 0 Å². The van der Waals surface area contributed by atoms with Gasteiger partial charge in [0.25, 0.3) is 0 Å². The van der Waals surface area contributed by atoms with Crippen LogP contribution in [0.1, 0.15) is 48.7 Å². The molecule has 0 saturated heterocycles. The Bertz CT molecular complexity index is 574. The number of hydrogen-bond acceptors (Lipinski definition) is 4. The van der Waals surface area contributed by atoms with Crippen molar-refractivity contribution in [2.75, 3.05) is 0 Å². The van der Waals surface area contributed by atoms with Gasteiger partial charge in [0.1, 0.15) is 17.8 Å². The first-order valence-corrected chi connectivity index (χ1v) is 6.49. The van der Waals surface area contributed by atoms with E-state index in [4.69, 9.17) is 0 Å². The summed E-state index contributed by atoms with van der Waals surface area (Å²) in [5.74, 6) is 0.681. The van der Waals surface area contributed by atoms with Crippen LogP contribution in [0.25, 0.3) is 0 Å². The van der Waals surface area contributed by atoms with E-state index in [2.05, 4.69) is 15.1 Å². The smallest absolute Gasteiger partial charge is 0.189 e. The van der Waals surface area contributed by atoms with Crippen molar-refractivity contribution in [3.8, 4) is 0 Å². The SMILES string of the molecule is CCc1cccnc1C(=O)Cc1ncnn1C(C)C. The number of ketones is 1. The number of carbonyl (C=O) groups excluding carboxylic acids is 1. The maximum atomic E-state index is 12.3. The molecular formula is C14H18N4O. The van der Waals surface area contributed by atoms with Gasteiger partial charge in [0.2, 0.25) is 0 Å². The first kappa shape index (κ1) is 13.4. The number of carbonyl (C=O) groups is 1. The van der Waals surface area contributed by atoms with Crippen LogP contribution in [0.15, 0.2) is 24.7 Å². The van der Waals surface area contributed by atoms with Gasteiger partial charge in [-0.05, 0) is 31.9 Å². The van der Waals surface area contributed by atoms with Gasteiger partial charge in [-0.3, -0.25) is 9.78 Å². The van der Waals surface area contributed by atoms with Crippen molar-refractivity contribution in [1.29, 1.82) is 0 Å². The number of hydrogen-bond donors (Lipinski definition) is 0. The normalized spacial score (nSPS) is 10.9. The van der Waals surface area contributed by atoms with Gasteiger partial charge in [0.15, 0.2) is 5.78 Å². The van der Waals surface area contributed by atoms with Crippen LogP contribution in [0, 0.1) is 0 Å². The summed E-state index contributed by atoms with van der Waals surface area (Å²) >= 11 is 0. The van der Waals surface area contributed by atoms with E-state index < -0.39 is 0 Å². The Morgan fingerprint density at radius 1 is 1.37 bits per heavy atom. The summed E-state index contributed by atoms with van der Waals surface area (Å²) in [6.45, 7) is 6.05. The molecule has 2 aromatic rings. The minimum absolute atomic E-state index is 0.00708. The van der Waals surface area contributed by atoms with Gasteiger partial charge in [-0.1, -0.05) is 13.0 Å². The number of aryl methyl sites for hydroxylation is 1. The predicted molar refractivity (Wildman–Crippen MR) is 72.1 cm³/mol. The highest BCUT2D eigenvalue weighted by molar-refractivity contribution is 5.96. The van der Waals surface area contributed by atoms with Crippen LogP contribution in [-0.4, -0.2) is 25.5 Å². The molecule has 5 heteroatoms. The van der Waals surface area contributed by atoms with Crippen LogP contribution in [0.2, 0.25) is 0 Å². The summed E-state index contributed by atoms with van der Waals surface area (Å²) < 4.78 is 1.77. The van der Waals surface area contributed by atoms with Crippen molar-refractivity contribution in [1.82, 2.24) is 19.7 Å². The number of rotatable bonds is 5. The highest BCUT2D eigenvalue weighted by atomic mass is 16.1. The molecule has 0 bridgehead atoms. The Kier molecular flexibility index (Phi) is 4.04. The van der Waals surface area contributed by atoms with Gasteiger partial charge < -0.3 is 0 Å². The molecule has 0 saturated carbocycles. The lowest BCUT2D eigenvalue weighted by Crippen LogP contribution is -2.15. The molecule has 100 valence electrons. The van der Waals surface area contributed by atoms with E-state index in [1.165, 1.54) is 6.33 Å². The van der Waals surface area contributed by atoms with Crippen molar-refractivity contribution in [3.05, 3.63) is 41.7 Å². The second-order valence-corrected chi connectivity index (χ2v) is 4.68. The third kappa shape index (κ3) is 2.86. The first-order valence-electron chi connectivity index (χ1n) is 6.49. The monoisotopic (exact) mass is 258 g/mol. The number of Topliss-reactive ketones (excluding diaryl/α,β-unsaturated/α-hetero) is 1. The topological polar surface area (TPSA) is 60.7 Å². The summed E-state index contributed by atoms with van der Waals surface area (Å²) in [6.07, 6.45) is 4.18. The molecule has 2 heterocycles. The van der Waals surface area contributed by atoms with Gasteiger partial charge in [-0.15, -0.1) is 0 Å². The maximum Gasteiger partial charge on any atom is 0.189 e. The molecule has 0 aliphatic rings. The fraction of sp³-hybridized carbons (Fsp3) is 0.429. The van der Waals surface area contributed by atoms with Gasteiger partial charge in [-0.2, -0.15) is 5.10 Å². The van der Waals surface area contributed by atoms with E-state index >= 15 is 0 Å². The molecule has 2 aromatic heterocycles. The first-order chi connectivity index (χ1) is 9.13. The fourth-order valence-electron chi connectivity index (χ4n) is 2.03. The second kappa shape index (κ2) is 5.73. The molecule has 0 N–H and O–H groups in total. The van der Waals surface area contributed by atoms with Gasteiger partial charge >= 0.3 is 0 Å². The molecule has 0 amide bonds. The third-order valence-electron chi connectivity index (χ3n) is 2.99. The van der Waals surface area contributed by atoms with E-state index in [1.807, 2.05) is 32.9 Å². The summed E-state index contributed by atoms with van der Waals surface area (Å²) in [4.78, 5) is 20.7. The van der Waals surface area contributed by atoms with Crippen LogP contribution in [0.5, 0.6) is 0 Å². The lowest BCUT2D eigenvalue weighted by atomic mass is 10.1. The molecule has 0 radical (unpaired) electrons. The average Bonchev–Trinajstić information content (AvgIpc) is 2.87. The van der Waals surface area contributed by atoms with Crippen LogP contribution in [0.4, 0.5) is 0 Å². The van der Waals surface area contributed by atoms with Crippen molar-refractivity contribution < 1.29 is 4.79 Å². The van der Waals surface area contributed by atoms with Crippen LogP contribution >= 0.6 is 0 Å². The van der Waals surface area contributed by atoms with Crippen molar-refractivity contribution >= 4 is 5.78 Å². The lowest BCUT2D eigenvalue weighted by Gasteiger charge is -2.09. The zero-order valence-electron chi connectivity index (χ0n) is 11.5. The summed E-state index contributed by atoms with van der Waals surface area (Å²) in [6, 6.07) is 3.99. The summed E-state index contributed by atoms with van der Waals surface area (Å²) in [7, 11) is 0. The number of aromatic nitrogens is 4. The third-order valence-corrected chi connectivity index (χ3v) is 2.99. The molecule has 0 fully saturated rings. The molecule has 19 heavy (non-hydrogen) atoms. The van der Waals surface area contributed by atoms with E-state index in [0.717, 1.165) is 12.0 Å². The maximum absolute atomic E-state index is 12.3. The molecular weight excluding hydrogens is 240 g/mol. The zero-order chi connectivity index (χ0) is 13.8. The lowest BCUT2D eigenvalue weighted by molar-refractivity contribution is 0.0983. The standard InChI is InChI=1S/C14H18N4O/c1-4-11-6-5-7-15-14(11)12(19)8-13-16-9-17-18(13)10(2)3/h5-7,9-10H,4,8H2,1-3H3. The summed E-state index contributed by atoms with van der Waals surface area (Å²) in [5.41, 5.74) is 1.52. The predicted octanol–water partition coefficient (Wildman–Crippen LogP) is 2.24. The Hall–Kier alpha value is -2.04. The van der Waals surface area contributed by atoms with Crippen LogP contribution in [-0.2, 0) is 12.8 Å².